The van der Waals surface area contributed by atoms with Crippen LogP contribution < -0.4 is 11.2 Å². The molecule has 3 aromatic rings. The van der Waals surface area contributed by atoms with Crippen LogP contribution in [0, 0.1) is 11.8 Å². The van der Waals surface area contributed by atoms with E-state index in [4.69, 9.17) is 4.74 Å². The van der Waals surface area contributed by atoms with Crippen LogP contribution in [0.15, 0.2) is 46.0 Å². The monoisotopic (exact) mass is 438 g/mol. The maximum Gasteiger partial charge on any atom is 0.348 e. The molecule has 0 saturated heterocycles. The van der Waals surface area contributed by atoms with Crippen LogP contribution >= 0.6 is 11.3 Å². The number of esters is 1. The number of nitrogens with zero attached hydrogens (tertiary/aromatic N) is 2. The largest absolute Gasteiger partial charge is 0.458 e. The number of carbonyl (C=O) groups is 1. The summed E-state index contributed by atoms with van der Waals surface area (Å²) < 4.78 is 8.50. The summed E-state index contributed by atoms with van der Waals surface area (Å²) >= 11 is 1.16. The molecule has 6 nitrogen and oxygen atoms in total. The minimum absolute atomic E-state index is 0.0457. The van der Waals surface area contributed by atoms with E-state index in [-0.39, 0.29) is 29.9 Å². The summed E-state index contributed by atoms with van der Waals surface area (Å²) in [5.74, 6) is 1.10. The lowest BCUT2D eigenvalue weighted by Gasteiger charge is -2.31. The van der Waals surface area contributed by atoms with Gasteiger partial charge in [-0.3, -0.25) is 13.9 Å². The van der Waals surface area contributed by atoms with E-state index in [2.05, 4.69) is 0 Å². The molecule has 31 heavy (non-hydrogen) atoms. The summed E-state index contributed by atoms with van der Waals surface area (Å²) in [5.41, 5.74) is 0.116. The standard InChI is InChI=1S/C24H26N2O4S/c1-25-22-19(21(27)26(24(25)29)14-15-6-3-2-4-7-15)13-20(31-22)23(28)30-18-11-10-16-8-5-9-17(16)12-18/h2-4,6-7,13,16-18H,5,8-12,14H2,1H3. The Labute approximate surface area is 184 Å². The van der Waals surface area contributed by atoms with E-state index in [1.54, 1.807) is 13.1 Å². The van der Waals surface area contributed by atoms with Crippen LogP contribution in [-0.2, 0) is 18.3 Å². The molecule has 2 saturated carbocycles. The average molecular weight is 439 g/mol. The van der Waals surface area contributed by atoms with Crippen molar-refractivity contribution in [3.05, 3.63) is 67.7 Å². The third-order valence-corrected chi connectivity index (χ3v) is 8.10. The Morgan fingerprint density at radius 1 is 1.10 bits per heavy atom. The number of fused-ring (bicyclic) bond motifs is 2. The number of benzene rings is 1. The summed E-state index contributed by atoms with van der Waals surface area (Å²) in [6.07, 6.45) is 6.79. The summed E-state index contributed by atoms with van der Waals surface area (Å²) in [4.78, 5) is 39.6. The van der Waals surface area contributed by atoms with Crippen molar-refractivity contribution in [2.24, 2.45) is 18.9 Å². The van der Waals surface area contributed by atoms with Gasteiger partial charge in [0.2, 0.25) is 0 Å². The number of hydrogen-bond donors (Lipinski definition) is 0. The van der Waals surface area contributed by atoms with Gasteiger partial charge >= 0.3 is 11.7 Å². The fraction of sp³-hybridized carbons (Fsp3) is 0.458. The molecule has 2 aromatic heterocycles. The van der Waals surface area contributed by atoms with Crippen molar-refractivity contribution in [3.8, 4) is 0 Å². The SMILES string of the molecule is Cn1c(=O)n(Cc2ccccc2)c(=O)c2cc(C(=O)OC3CCC4CCCC4C3)sc21. The van der Waals surface area contributed by atoms with Gasteiger partial charge in [-0.05, 0) is 42.7 Å². The zero-order valence-electron chi connectivity index (χ0n) is 17.6. The highest BCUT2D eigenvalue weighted by atomic mass is 32.1. The summed E-state index contributed by atoms with van der Waals surface area (Å²) in [6, 6.07) is 11.0. The first-order valence-corrected chi connectivity index (χ1v) is 11.8. The van der Waals surface area contributed by atoms with Gasteiger partial charge in [-0.15, -0.1) is 11.3 Å². The fourth-order valence-corrected chi connectivity index (χ4v) is 6.25. The highest BCUT2D eigenvalue weighted by Gasteiger charge is 2.35. The fourth-order valence-electron chi connectivity index (χ4n) is 5.27. The lowest BCUT2D eigenvalue weighted by atomic mass is 9.80. The quantitative estimate of drug-likeness (QED) is 0.579. The van der Waals surface area contributed by atoms with Gasteiger partial charge in [-0.2, -0.15) is 0 Å². The molecule has 162 valence electrons. The zero-order valence-corrected chi connectivity index (χ0v) is 18.4. The molecule has 7 heteroatoms. The number of aryl methyl sites for hydroxylation is 1. The second-order valence-corrected chi connectivity index (χ2v) is 9.87. The molecule has 3 unspecified atom stereocenters. The number of thiophene rings is 1. The topological polar surface area (TPSA) is 70.3 Å². The molecule has 0 N–H and O–H groups in total. The van der Waals surface area contributed by atoms with E-state index in [1.807, 2.05) is 30.3 Å². The molecule has 5 rings (SSSR count). The molecular weight excluding hydrogens is 412 g/mol. The smallest absolute Gasteiger partial charge is 0.348 e. The number of hydrogen-bond acceptors (Lipinski definition) is 5. The minimum Gasteiger partial charge on any atom is -0.458 e. The lowest BCUT2D eigenvalue weighted by molar-refractivity contribution is 0.00926. The highest BCUT2D eigenvalue weighted by molar-refractivity contribution is 7.20. The van der Waals surface area contributed by atoms with Crippen LogP contribution in [0.25, 0.3) is 10.2 Å². The van der Waals surface area contributed by atoms with E-state index in [0.29, 0.717) is 21.0 Å². The molecule has 1 aromatic carbocycles. The Balaban J connectivity index is 1.42. The van der Waals surface area contributed by atoms with Gasteiger partial charge in [0.1, 0.15) is 15.8 Å². The maximum absolute atomic E-state index is 13.1. The first-order valence-electron chi connectivity index (χ1n) is 11.0. The van der Waals surface area contributed by atoms with E-state index in [9.17, 15) is 14.4 Å². The first kappa shape index (κ1) is 20.2. The molecule has 0 spiro atoms. The zero-order chi connectivity index (χ0) is 21.5. The first-order chi connectivity index (χ1) is 15.0. The van der Waals surface area contributed by atoms with E-state index in [1.165, 1.54) is 28.4 Å². The number of carbonyl (C=O) groups excluding carboxylic acids is 1. The number of rotatable bonds is 4. The molecule has 3 atom stereocenters. The summed E-state index contributed by atoms with van der Waals surface area (Å²) in [7, 11) is 1.64. The number of aromatic nitrogens is 2. The normalized spacial score (nSPS) is 23.1. The predicted molar refractivity (Wildman–Crippen MR) is 121 cm³/mol. The van der Waals surface area contributed by atoms with Crippen molar-refractivity contribution < 1.29 is 9.53 Å². The lowest BCUT2D eigenvalue weighted by Crippen LogP contribution is -2.38. The molecule has 0 radical (unpaired) electrons. The van der Waals surface area contributed by atoms with Gasteiger partial charge < -0.3 is 4.74 Å². The van der Waals surface area contributed by atoms with Crippen molar-refractivity contribution in [1.82, 2.24) is 9.13 Å². The van der Waals surface area contributed by atoms with Gasteiger partial charge in [-0.25, -0.2) is 9.59 Å². The van der Waals surface area contributed by atoms with Crippen LogP contribution in [0.2, 0.25) is 0 Å². The third kappa shape index (κ3) is 3.76. The summed E-state index contributed by atoms with van der Waals surface area (Å²) in [6.45, 7) is 0.197. The van der Waals surface area contributed by atoms with Crippen LogP contribution in [0.5, 0.6) is 0 Å². The van der Waals surface area contributed by atoms with Gasteiger partial charge in [0, 0.05) is 7.05 Å². The molecule has 0 amide bonds. The summed E-state index contributed by atoms with van der Waals surface area (Å²) in [5, 5.41) is 0.384. The molecule has 0 bridgehead atoms. The van der Waals surface area contributed by atoms with Crippen LogP contribution in [0.1, 0.15) is 53.8 Å². The minimum atomic E-state index is -0.386. The van der Waals surface area contributed by atoms with Gasteiger partial charge in [-0.1, -0.05) is 49.6 Å². The van der Waals surface area contributed by atoms with Gasteiger partial charge in [0.05, 0.1) is 11.9 Å². The van der Waals surface area contributed by atoms with Crippen molar-refractivity contribution in [3.63, 3.8) is 0 Å². The van der Waals surface area contributed by atoms with Crippen LogP contribution in [0.3, 0.4) is 0 Å². The van der Waals surface area contributed by atoms with E-state index >= 15 is 0 Å². The molecular formula is C24H26N2O4S. The van der Waals surface area contributed by atoms with Gasteiger partial charge in [0.15, 0.2) is 0 Å². The maximum atomic E-state index is 13.1. The van der Waals surface area contributed by atoms with E-state index < -0.39 is 0 Å². The van der Waals surface area contributed by atoms with Crippen molar-refractivity contribution >= 4 is 27.5 Å². The van der Waals surface area contributed by atoms with Gasteiger partial charge in [0.25, 0.3) is 5.56 Å². The number of ether oxygens (including phenoxy) is 1. The Morgan fingerprint density at radius 3 is 2.68 bits per heavy atom. The van der Waals surface area contributed by atoms with Crippen LogP contribution in [0.4, 0.5) is 0 Å². The predicted octanol–water partition coefficient (Wildman–Crippen LogP) is 3.94. The molecule has 0 aliphatic heterocycles. The van der Waals surface area contributed by atoms with Crippen LogP contribution in [-0.4, -0.2) is 21.2 Å². The Hall–Kier alpha value is -2.67. The Bertz CT molecular complexity index is 1240. The Kier molecular flexibility index (Phi) is 5.30. The van der Waals surface area contributed by atoms with Crippen molar-refractivity contribution in [2.75, 3.05) is 0 Å². The molecule has 2 aliphatic rings. The average Bonchev–Trinajstić information content (AvgIpc) is 3.43. The van der Waals surface area contributed by atoms with Crippen molar-refractivity contribution in [2.45, 2.75) is 51.2 Å². The Morgan fingerprint density at radius 2 is 1.87 bits per heavy atom. The molecule has 2 aliphatic carbocycles. The van der Waals surface area contributed by atoms with E-state index in [0.717, 1.165) is 42.1 Å². The molecule has 2 heterocycles. The molecule has 2 fully saturated rings. The third-order valence-electron chi connectivity index (χ3n) is 6.91. The highest BCUT2D eigenvalue weighted by Crippen LogP contribution is 2.43. The van der Waals surface area contributed by atoms with Crippen molar-refractivity contribution in [1.29, 1.82) is 0 Å². The second-order valence-electron chi connectivity index (χ2n) is 8.84. The second kappa shape index (κ2) is 8.11.